The Hall–Kier alpha value is -1.20. The van der Waals surface area contributed by atoms with Gasteiger partial charge in [0.25, 0.3) is 0 Å². The first kappa shape index (κ1) is 10.3. The van der Waals surface area contributed by atoms with Gasteiger partial charge in [0, 0.05) is 18.9 Å². The molecule has 2 heterocycles. The maximum atomic E-state index is 9.24. The van der Waals surface area contributed by atoms with Crippen molar-refractivity contribution in [3.05, 3.63) is 18.1 Å². The second-order valence-corrected chi connectivity index (χ2v) is 3.57. The first-order chi connectivity index (χ1) is 7.33. The lowest BCUT2D eigenvalue weighted by Crippen LogP contribution is -2.48. The van der Waals surface area contributed by atoms with E-state index in [9.17, 15) is 5.11 Å². The minimum atomic E-state index is -0.00542. The second-order valence-electron chi connectivity index (χ2n) is 3.57. The van der Waals surface area contributed by atoms with E-state index in [0.717, 1.165) is 18.1 Å². The average molecular weight is 209 g/mol. The number of aliphatic hydroxyl groups is 1. The van der Waals surface area contributed by atoms with Crippen LogP contribution < -0.4 is 4.90 Å². The molecule has 1 saturated heterocycles. The standard InChI is InChI=1S/C10H15N3O2/c1-8-10(12-3-2-11-8)13-4-5-15-7-9(13)6-14/h2-3,9,14H,4-7H2,1H3. The normalized spacial score (nSPS) is 21.7. The van der Waals surface area contributed by atoms with E-state index in [4.69, 9.17) is 4.74 Å². The van der Waals surface area contributed by atoms with Gasteiger partial charge in [-0.1, -0.05) is 0 Å². The molecule has 15 heavy (non-hydrogen) atoms. The summed E-state index contributed by atoms with van der Waals surface area (Å²) in [5, 5.41) is 9.24. The number of ether oxygens (including phenoxy) is 1. The van der Waals surface area contributed by atoms with Crippen molar-refractivity contribution < 1.29 is 9.84 Å². The molecule has 0 aliphatic carbocycles. The van der Waals surface area contributed by atoms with E-state index in [1.165, 1.54) is 0 Å². The van der Waals surface area contributed by atoms with Gasteiger partial charge >= 0.3 is 0 Å². The third-order valence-electron chi connectivity index (χ3n) is 2.57. The van der Waals surface area contributed by atoms with Gasteiger partial charge in [0.05, 0.1) is 31.6 Å². The summed E-state index contributed by atoms with van der Waals surface area (Å²) in [7, 11) is 0. The SMILES string of the molecule is Cc1nccnc1N1CCOCC1CO. The van der Waals surface area contributed by atoms with Crippen molar-refractivity contribution in [3.63, 3.8) is 0 Å². The van der Waals surface area contributed by atoms with Crippen LogP contribution in [0.4, 0.5) is 5.82 Å². The fraction of sp³-hybridized carbons (Fsp3) is 0.600. The molecule has 0 spiro atoms. The molecule has 1 aromatic rings. The lowest BCUT2D eigenvalue weighted by atomic mass is 10.2. The van der Waals surface area contributed by atoms with Gasteiger partial charge in [0.15, 0.2) is 5.82 Å². The minimum Gasteiger partial charge on any atom is -0.394 e. The van der Waals surface area contributed by atoms with E-state index in [1.807, 2.05) is 6.92 Å². The van der Waals surface area contributed by atoms with Gasteiger partial charge in [-0.25, -0.2) is 4.98 Å². The van der Waals surface area contributed by atoms with E-state index in [-0.39, 0.29) is 12.6 Å². The molecule has 1 aromatic heterocycles. The zero-order valence-corrected chi connectivity index (χ0v) is 8.76. The molecule has 5 nitrogen and oxygen atoms in total. The van der Waals surface area contributed by atoms with Crippen LogP contribution in [-0.2, 0) is 4.74 Å². The number of rotatable bonds is 2. The van der Waals surface area contributed by atoms with Crippen molar-refractivity contribution in [3.8, 4) is 0 Å². The van der Waals surface area contributed by atoms with Crippen LogP contribution >= 0.6 is 0 Å². The zero-order chi connectivity index (χ0) is 10.7. The molecule has 0 bridgehead atoms. The average Bonchev–Trinajstić information content (AvgIpc) is 2.30. The first-order valence-corrected chi connectivity index (χ1v) is 5.06. The smallest absolute Gasteiger partial charge is 0.150 e. The predicted octanol–water partition coefficient (Wildman–Crippen LogP) is -0.0175. The van der Waals surface area contributed by atoms with Crippen molar-refractivity contribution in [2.24, 2.45) is 0 Å². The summed E-state index contributed by atoms with van der Waals surface area (Å²) in [6.45, 7) is 3.98. The Morgan fingerprint density at radius 3 is 3.07 bits per heavy atom. The number of aliphatic hydroxyl groups excluding tert-OH is 1. The monoisotopic (exact) mass is 209 g/mol. The Morgan fingerprint density at radius 1 is 1.53 bits per heavy atom. The van der Waals surface area contributed by atoms with E-state index < -0.39 is 0 Å². The molecule has 1 N–H and O–H groups in total. The Morgan fingerprint density at radius 2 is 2.33 bits per heavy atom. The van der Waals surface area contributed by atoms with Crippen molar-refractivity contribution >= 4 is 5.82 Å². The van der Waals surface area contributed by atoms with Gasteiger partial charge in [-0.3, -0.25) is 4.98 Å². The minimum absolute atomic E-state index is 0.00542. The summed E-state index contributed by atoms with van der Waals surface area (Å²) in [5.41, 5.74) is 0.887. The zero-order valence-electron chi connectivity index (χ0n) is 8.76. The predicted molar refractivity (Wildman–Crippen MR) is 55.8 cm³/mol. The molecule has 0 aromatic carbocycles. The Balaban J connectivity index is 2.24. The Labute approximate surface area is 88.7 Å². The fourth-order valence-corrected chi connectivity index (χ4v) is 1.77. The number of aryl methyl sites for hydroxylation is 1. The van der Waals surface area contributed by atoms with Crippen molar-refractivity contribution in [2.75, 3.05) is 31.3 Å². The highest BCUT2D eigenvalue weighted by Crippen LogP contribution is 2.18. The second kappa shape index (κ2) is 4.55. The molecule has 1 aliphatic heterocycles. The summed E-state index contributed by atoms with van der Waals surface area (Å²) in [4.78, 5) is 10.6. The molecule has 0 radical (unpaired) electrons. The highest BCUT2D eigenvalue weighted by atomic mass is 16.5. The van der Waals surface area contributed by atoms with Crippen molar-refractivity contribution in [1.29, 1.82) is 0 Å². The molecule has 0 saturated carbocycles. The molecule has 1 atom stereocenters. The highest BCUT2D eigenvalue weighted by molar-refractivity contribution is 5.43. The summed E-state index contributed by atoms with van der Waals surface area (Å²) in [6.07, 6.45) is 3.35. The van der Waals surface area contributed by atoms with Crippen LogP contribution in [0.15, 0.2) is 12.4 Å². The van der Waals surface area contributed by atoms with E-state index >= 15 is 0 Å². The van der Waals surface area contributed by atoms with Crippen LogP contribution in [0.1, 0.15) is 5.69 Å². The lowest BCUT2D eigenvalue weighted by Gasteiger charge is -2.35. The van der Waals surface area contributed by atoms with Gasteiger partial charge in [-0.2, -0.15) is 0 Å². The maximum Gasteiger partial charge on any atom is 0.150 e. The van der Waals surface area contributed by atoms with Crippen LogP contribution in [-0.4, -0.2) is 47.5 Å². The summed E-state index contributed by atoms with van der Waals surface area (Å²) in [6, 6.07) is -0.00542. The fourth-order valence-electron chi connectivity index (χ4n) is 1.77. The number of hydrogen-bond acceptors (Lipinski definition) is 5. The lowest BCUT2D eigenvalue weighted by molar-refractivity contribution is 0.0722. The van der Waals surface area contributed by atoms with Gasteiger partial charge in [0.1, 0.15) is 0 Å². The Bertz CT molecular complexity index is 332. The first-order valence-electron chi connectivity index (χ1n) is 5.06. The molecule has 5 heteroatoms. The van der Waals surface area contributed by atoms with Gasteiger partial charge < -0.3 is 14.7 Å². The van der Waals surface area contributed by atoms with Crippen molar-refractivity contribution in [2.45, 2.75) is 13.0 Å². The molecule has 0 amide bonds. The summed E-state index contributed by atoms with van der Waals surface area (Å²) < 4.78 is 5.31. The third-order valence-corrected chi connectivity index (χ3v) is 2.57. The largest absolute Gasteiger partial charge is 0.394 e. The van der Waals surface area contributed by atoms with E-state index in [1.54, 1.807) is 12.4 Å². The number of anilines is 1. The molecule has 82 valence electrons. The number of aromatic nitrogens is 2. The van der Waals surface area contributed by atoms with Crippen LogP contribution in [0.25, 0.3) is 0 Å². The van der Waals surface area contributed by atoms with Crippen LogP contribution in [0.3, 0.4) is 0 Å². The van der Waals surface area contributed by atoms with Crippen molar-refractivity contribution in [1.82, 2.24) is 9.97 Å². The summed E-state index contributed by atoms with van der Waals surface area (Å²) in [5.74, 6) is 0.847. The molecule has 1 aliphatic rings. The van der Waals surface area contributed by atoms with Crippen LogP contribution in [0, 0.1) is 6.92 Å². The van der Waals surface area contributed by atoms with E-state index in [0.29, 0.717) is 13.2 Å². The Kier molecular flexibility index (Phi) is 3.13. The van der Waals surface area contributed by atoms with Gasteiger partial charge in [-0.15, -0.1) is 0 Å². The molecule has 2 rings (SSSR count). The third kappa shape index (κ3) is 2.08. The van der Waals surface area contributed by atoms with Crippen LogP contribution in [0.2, 0.25) is 0 Å². The van der Waals surface area contributed by atoms with E-state index in [2.05, 4.69) is 14.9 Å². The molecular formula is C10H15N3O2. The topological polar surface area (TPSA) is 58.5 Å². The number of nitrogens with zero attached hydrogens (tertiary/aromatic N) is 3. The highest BCUT2D eigenvalue weighted by Gasteiger charge is 2.24. The van der Waals surface area contributed by atoms with Gasteiger partial charge in [0.2, 0.25) is 0 Å². The number of morpholine rings is 1. The molecular weight excluding hydrogens is 194 g/mol. The summed E-state index contributed by atoms with van der Waals surface area (Å²) >= 11 is 0. The number of hydrogen-bond donors (Lipinski definition) is 1. The molecule has 1 unspecified atom stereocenters. The van der Waals surface area contributed by atoms with Gasteiger partial charge in [-0.05, 0) is 6.92 Å². The molecule has 1 fully saturated rings. The maximum absolute atomic E-state index is 9.24. The van der Waals surface area contributed by atoms with Crippen LogP contribution in [0.5, 0.6) is 0 Å². The quantitative estimate of drug-likeness (QED) is 0.742.